The third kappa shape index (κ3) is 5.45. The standard InChI is InChI=1S/C12H17NO.ClH/c1-3-9-14-12-7-5-11(6-8-12)10-13-4-2;/h3,5-8,13H,1,4,9-10H2,2H3;1H. The van der Waals surface area contributed by atoms with Crippen molar-refractivity contribution in [3.63, 3.8) is 0 Å². The van der Waals surface area contributed by atoms with Gasteiger partial charge in [0.2, 0.25) is 0 Å². The molecule has 84 valence electrons. The molecular weight excluding hydrogens is 210 g/mol. The molecule has 0 radical (unpaired) electrons. The first-order valence-corrected chi connectivity index (χ1v) is 4.90. The van der Waals surface area contributed by atoms with Crippen LogP contribution < -0.4 is 10.1 Å². The van der Waals surface area contributed by atoms with Crippen LogP contribution in [0.25, 0.3) is 0 Å². The van der Waals surface area contributed by atoms with Gasteiger partial charge in [-0.25, -0.2) is 0 Å². The number of rotatable bonds is 6. The molecule has 0 aromatic heterocycles. The van der Waals surface area contributed by atoms with Crippen LogP contribution in [0, 0.1) is 0 Å². The summed E-state index contributed by atoms with van der Waals surface area (Å²) in [7, 11) is 0. The normalized spacial score (nSPS) is 9.13. The van der Waals surface area contributed by atoms with E-state index < -0.39 is 0 Å². The van der Waals surface area contributed by atoms with Crippen molar-refractivity contribution in [2.45, 2.75) is 13.5 Å². The van der Waals surface area contributed by atoms with Gasteiger partial charge in [-0.05, 0) is 24.2 Å². The number of benzene rings is 1. The van der Waals surface area contributed by atoms with Crippen LogP contribution in [0.15, 0.2) is 36.9 Å². The van der Waals surface area contributed by atoms with Crippen LogP contribution in [0.3, 0.4) is 0 Å². The van der Waals surface area contributed by atoms with E-state index in [4.69, 9.17) is 4.74 Å². The van der Waals surface area contributed by atoms with Gasteiger partial charge in [-0.1, -0.05) is 31.7 Å². The largest absolute Gasteiger partial charge is 0.490 e. The number of nitrogens with one attached hydrogen (secondary N) is 1. The minimum atomic E-state index is 0. The molecule has 1 rings (SSSR count). The smallest absolute Gasteiger partial charge is 0.119 e. The zero-order valence-corrected chi connectivity index (χ0v) is 9.85. The molecule has 2 nitrogen and oxygen atoms in total. The predicted octanol–water partition coefficient (Wildman–Crippen LogP) is 2.78. The fourth-order valence-corrected chi connectivity index (χ4v) is 1.13. The quantitative estimate of drug-likeness (QED) is 0.755. The highest BCUT2D eigenvalue weighted by Gasteiger charge is 1.93. The fourth-order valence-electron chi connectivity index (χ4n) is 1.13. The molecule has 1 aromatic carbocycles. The Morgan fingerprint density at radius 1 is 1.33 bits per heavy atom. The van der Waals surface area contributed by atoms with Gasteiger partial charge in [-0.15, -0.1) is 12.4 Å². The molecule has 0 fully saturated rings. The van der Waals surface area contributed by atoms with Crippen molar-refractivity contribution in [1.29, 1.82) is 0 Å². The third-order valence-electron chi connectivity index (χ3n) is 1.87. The van der Waals surface area contributed by atoms with Crippen molar-refractivity contribution >= 4 is 12.4 Å². The molecule has 1 aromatic rings. The second-order valence-electron chi connectivity index (χ2n) is 3.02. The number of ether oxygens (including phenoxy) is 1. The molecule has 0 spiro atoms. The van der Waals surface area contributed by atoms with Crippen molar-refractivity contribution in [3.8, 4) is 5.75 Å². The van der Waals surface area contributed by atoms with Gasteiger partial charge in [0.25, 0.3) is 0 Å². The second kappa shape index (κ2) is 8.33. The fraction of sp³-hybridized carbons (Fsp3) is 0.333. The summed E-state index contributed by atoms with van der Waals surface area (Å²) >= 11 is 0. The van der Waals surface area contributed by atoms with Gasteiger partial charge in [0.15, 0.2) is 0 Å². The summed E-state index contributed by atoms with van der Waals surface area (Å²) in [6, 6.07) is 8.11. The van der Waals surface area contributed by atoms with E-state index in [1.54, 1.807) is 6.08 Å². The summed E-state index contributed by atoms with van der Waals surface area (Å²) in [6.45, 7) is 8.17. The van der Waals surface area contributed by atoms with Gasteiger partial charge < -0.3 is 10.1 Å². The molecule has 0 atom stereocenters. The van der Waals surface area contributed by atoms with Crippen LogP contribution in [-0.2, 0) is 6.54 Å². The van der Waals surface area contributed by atoms with Crippen LogP contribution in [0.2, 0.25) is 0 Å². The molecule has 3 heteroatoms. The average Bonchev–Trinajstić information content (AvgIpc) is 2.25. The number of halogens is 1. The molecule has 1 N–H and O–H groups in total. The Labute approximate surface area is 97.7 Å². The Morgan fingerprint density at radius 2 is 2.00 bits per heavy atom. The topological polar surface area (TPSA) is 21.3 Å². The highest BCUT2D eigenvalue weighted by atomic mass is 35.5. The van der Waals surface area contributed by atoms with Gasteiger partial charge in [0.1, 0.15) is 12.4 Å². The van der Waals surface area contributed by atoms with E-state index in [0.717, 1.165) is 18.8 Å². The molecule has 0 aliphatic heterocycles. The van der Waals surface area contributed by atoms with E-state index in [-0.39, 0.29) is 12.4 Å². The predicted molar refractivity (Wildman–Crippen MR) is 66.8 cm³/mol. The first-order chi connectivity index (χ1) is 6.86. The lowest BCUT2D eigenvalue weighted by molar-refractivity contribution is 0.363. The summed E-state index contributed by atoms with van der Waals surface area (Å²) in [5.41, 5.74) is 1.28. The Bertz CT molecular complexity index is 271. The van der Waals surface area contributed by atoms with Crippen LogP contribution >= 0.6 is 12.4 Å². The van der Waals surface area contributed by atoms with Crippen LogP contribution in [0.5, 0.6) is 5.75 Å². The molecule has 0 unspecified atom stereocenters. The first kappa shape index (κ1) is 14.0. The van der Waals surface area contributed by atoms with Crippen molar-refractivity contribution in [2.75, 3.05) is 13.2 Å². The maximum atomic E-state index is 5.38. The van der Waals surface area contributed by atoms with E-state index in [1.165, 1.54) is 5.56 Å². The zero-order chi connectivity index (χ0) is 10.2. The average molecular weight is 228 g/mol. The van der Waals surface area contributed by atoms with Gasteiger partial charge in [-0.3, -0.25) is 0 Å². The monoisotopic (exact) mass is 227 g/mol. The molecule has 0 aliphatic rings. The molecule has 15 heavy (non-hydrogen) atoms. The van der Waals surface area contributed by atoms with Crippen molar-refractivity contribution < 1.29 is 4.74 Å². The zero-order valence-electron chi connectivity index (χ0n) is 9.03. The maximum absolute atomic E-state index is 5.38. The Kier molecular flexibility index (Phi) is 7.78. The minimum Gasteiger partial charge on any atom is -0.490 e. The molecule has 0 aliphatic carbocycles. The van der Waals surface area contributed by atoms with E-state index in [2.05, 4.69) is 31.0 Å². The maximum Gasteiger partial charge on any atom is 0.119 e. The molecule has 0 saturated heterocycles. The van der Waals surface area contributed by atoms with Crippen molar-refractivity contribution in [3.05, 3.63) is 42.5 Å². The molecule has 0 heterocycles. The lowest BCUT2D eigenvalue weighted by Crippen LogP contribution is -2.11. The SMILES string of the molecule is C=CCOc1ccc(CNCC)cc1.Cl. The van der Waals surface area contributed by atoms with Crippen molar-refractivity contribution in [1.82, 2.24) is 5.32 Å². The minimum absolute atomic E-state index is 0. The number of hydrogen-bond acceptors (Lipinski definition) is 2. The lowest BCUT2D eigenvalue weighted by Gasteiger charge is -2.05. The van der Waals surface area contributed by atoms with Crippen molar-refractivity contribution in [2.24, 2.45) is 0 Å². The molecule has 0 saturated carbocycles. The molecule has 0 amide bonds. The summed E-state index contributed by atoms with van der Waals surface area (Å²) in [5, 5.41) is 3.27. The van der Waals surface area contributed by atoms with E-state index >= 15 is 0 Å². The van der Waals surface area contributed by atoms with Crippen LogP contribution in [-0.4, -0.2) is 13.2 Å². The Hall–Kier alpha value is -0.990. The second-order valence-corrected chi connectivity index (χ2v) is 3.02. The lowest BCUT2D eigenvalue weighted by atomic mass is 10.2. The summed E-state index contributed by atoms with van der Waals surface area (Å²) in [5.74, 6) is 0.894. The first-order valence-electron chi connectivity index (χ1n) is 4.90. The third-order valence-corrected chi connectivity index (χ3v) is 1.87. The van der Waals surface area contributed by atoms with Gasteiger partial charge in [0, 0.05) is 6.54 Å². The van der Waals surface area contributed by atoms with Gasteiger partial charge in [0.05, 0.1) is 0 Å². The molecular formula is C12H18ClNO. The van der Waals surface area contributed by atoms with Gasteiger partial charge in [-0.2, -0.15) is 0 Å². The van der Waals surface area contributed by atoms with E-state index in [9.17, 15) is 0 Å². The highest BCUT2D eigenvalue weighted by Crippen LogP contribution is 2.11. The van der Waals surface area contributed by atoms with E-state index in [1.807, 2.05) is 12.1 Å². The number of hydrogen-bond donors (Lipinski definition) is 1. The van der Waals surface area contributed by atoms with Crippen LogP contribution in [0.1, 0.15) is 12.5 Å². The van der Waals surface area contributed by atoms with Gasteiger partial charge >= 0.3 is 0 Å². The summed E-state index contributed by atoms with van der Waals surface area (Å²) in [4.78, 5) is 0. The summed E-state index contributed by atoms with van der Waals surface area (Å²) < 4.78 is 5.38. The Balaban J connectivity index is 0.00000196. The molecule has 0 bridgehead atoms. The Morgan fingerprint density at radius 3 is 2.53 bits per heavy atom. The highest BCUT2D eigenvalue weighted by molar-refractivity contribution is 5.85. The summed E-state index contributed by atoms with van der Waals surface area (Å²) in [6.07, 6.45) is 1.74. The van der Waals surface area contributed by atoms with Crippen LogP contribution in [0.4, 0.5) is 0 Å². The van der Waals surface area contributed by atoms with E-state index in [0.29, 0.717) is 6.61 Å².